The molecule has 1 aliphatic heterocycles. The van der Waals surface area contributed by atoms with Crippen LogP contribution in [0.1, 0.15) is 49.7 Å². The lowest BCUT2D eigenvalue weighted by molar-refractivity contribution is -0.139. The SMILES string of the molecule is CN(CC(=O)N1CCCC2CCCCC21)Cc1cccc(C(F)(F)F)c1. The zero-order valence-electron chi connectivity index (χ0n) is 15.3. The number of piperidine rings is 1. The van der Waals surface area contributed by atoms with Gasteiger partial charge in [-0.25, -0.2) is 0 Å². The molecule has 6 heteroatoms. The first-order valence-corrected chi connectivity index (χ1v) is 9.49. The number of amides is 1. The highest BCUT2D eigenvalue weighted by Crippen LogP contribution is 2.35. The van der Waals surface area contributed by atoms with Crippen LogP contribution in [0.15, 0.2) is 24.3 Å². The maximum Gasteiger partial charge on any atom is 0.416 e. The summed E-state index contributed by atoms with van der Waals surface area (Å²) in [4.78, 5) is 16.6. The lowest BCUT2D eigenvalue weighted by atomic mass is 9.78. The van der Waals surface area contributed by atoms with E-state index < -0.39 is 11.7 Å². The molecule has 1 heterocycles. The molecule has 2 atom stereocenters. The van der Waals surface area contributed by atoms with Crippen LogP contribution in [0.4, 0.5) is 13.2 Å². The van der Waals surface area contributed by atoms with E-state index in [-0.39, 0.29) is 12.5 Å². The van der Waals surface area contributed by atoms with Crippen LogP contribution in [0.2, 0.25) is 0 Å². The molecular weight excluding hydrogens is 341 g/mol. The zero-order chi connectivity index (χ0) is 18.7. The molecule has 1 aliphatic carbocycles. The molecule has 144 valence electrons. The van der Waals surface area contributed by atoms with E-state index in [0.29, 0.717) is 24.1 Å². The fourth-order valence-electron chi connectivity index (χ4n) is 4.47. The van der Waals surface area contributed by atoms with Crippen LogP contribution in [0, 0.1) is 5.92 Å². The van der Waals surface area contributed by atoms with Gasteiger partial charge in [0.05, 0.1) is 12.1 Å². The first-order chi connectivity index (χ1) is 12.3. The van der Waals surface area contributed by atoms with Gasteiger partial charge in [-0.15, -0.1) is 0 Å². The van der Waals surface area contributed by atoms with Gasteiger partial charge in [0, 0.05) is 19.1 Å². The van der Waals surface area contributed by atoms with Crippen LogP contribution in [0.25, 0.3) is 0 Å². The Labute approximate surface area is 153 Å². The Kier molecular flexibility index (Phi) is 5.90. The molecule has 2 aliphatic rings. The van der Waals surface area contributed by atoms with Gasteiger partial charge in [0.25, 0.3) is 0 Å². The largest absolute Gasteiger partial charge is 0.416 e. The number of halogens is 3. The molecule has 3 rings (SSSR count). The van der Waals surface area contributed by atoms with Crippen LogP contribution >= 0.6 is 0 Å². The van der Waals surface area contributed by atoms with Gasteiger partial charge in [0.1, 0.15) is 0 Å². The average Bonchev–Trinajstić information content (AvgIpc) is 2.60. The van der Waals surface area contributed by atoms with Crippen molar-refractivity contribution >= 4 is 5.91 Å². The highest BCUT2D eigenvalue weighted by Gasteiger charge is 2.35. The fraction of sp³-hybridized carbons (Fsp3) is 0.650. The number of alkyl halides is 3. The summed E-state index contributed by atoms with van der Waals surface area (Å²) in [6, 6.07) is 5.70. The average molecular weight is 368 g/mol. The Hall–Kier alpha value is -1.56. The summed E-state index contributed by atoms with van der Waals surface area (Å²) in [5.74, 6) is 0.742. The van der Waals surface area contributed by atoms with E-state index in [2.05, 4.69) is 0 Å². The third-order valence-electron chi connectivity index (χ3n) is 5.68. The summed E-state index contributed by atoms with van der Waals surface area (Å²) in [6.45, 7) is 1.40. The molecule has 2 fully saturated rings. The Morgan fingerprint density at radius 1 is 1.19 bits per heavy atom. The van der Waals surface area contributed by atoms with E-state index in [1.165, 1.54) is 37.8 Å². The van der Waals surface area contributed by atoms with Gasteiger partial charge in [0.2, 0.25) is 5.91 Å². The Morgan fingerprint density at radius 2 is 1.92 bits per heavy atom. The molecule has 1 aromatic carbocycles. The molecule has 1 amide bonds. The van der Waals surface area contributed by atoms with Crippen LogP contribution in [-0.4, -0.2) is 41.9 Å². The summed E-state index contributed by atoms with van der Waals surface area (Å²) in [5.41, 5.74) is -0.0693. The second-order valence-electron chi connectivity index (χ2n) is 7.71. The normalized spacial score (nSPS) is 23.8. The van der Waals surface area contributed by atoms with E-state index in [1.54, 1.807) is 13.1 Å². The topological polar surface area (TPSA) is 23.6 Å². The number of hydrogen-bond donors (Lipinski definition) is 0. The molecule has 3 nitrogen and oxygen atoms in total. The van der Waals surface area contributed by atoms with Crippen LogP contribution in [0.3, 0.4) is 0 Å². The van der Waals surface area contributed by atoms with E-state index in [9.17, 15) is 18.0 Å². The summed E-state index contributed by atoms with van der Waals surface area (Å²) >= 11 is 0. The number of nitrogens with zero attached hydrogens (tertiary/aromatic N) is 2. The molecule has 1 saturated carbocycles. The minimum absolute atomic E-state index is 0.107. The summed E-state index contributed by atoms with van der Waals surface area (Å²) in [7, 11) is 1.79. The zero-order valence-corrected chi connectivity index (χ0v) is 15.3. The van der Waals surface area contributed by atoms with Crippen molar-refractivity contribution in [1.29, 1.82) is 0 Å². The smallest absolute Gasteiger partial charge is 0.338 e. The second-order valence-corrected chi connectivity index (χ2v) is 7.71. The fourth-order valence-corrected chi connectivity index (χ4v) is 4.47. The van der Waals surface area contributed by atoms with E-state index in [4.69, 9.17) is 0 Å². The Morgan fingerprint density at radius 3 is 2.69 bits per heavy atom. The quantitative estimate of drug-likeness (QED) is 0.790. The number of carbonyl (C=O) groups is 1. The standard InChI is InChI=1S/C20H27F3N2O/c1-24(13-15-6-4-9-17(12-15)20(21,22)23)14-19(26)25-11-5-8-16-7-2-3-10-18(16)25/h4,6,9,12,16,18H,2-3,5,7-8,10-11,13-14H2,1H3. The predicted octanol–water partition coefficient (Wildman–Crippen LogP) is 4.32. The molecule has 2 unspecified atom stereocenters. The van der Waals surface area contributed by atoms with Crippen molar-refractivity contribution in [3.8, 4) is 0 Å². The van der Waals surface area contributed by atoms with Crippen LogP contribution in [-0.2, 0) is 17.5 Å². The molecule has 0 N–H and O–H groups in total. The van der Waals surface area contributed by atoms with Crippen molar-refractivity contribution in [1.82, 2.24) is 9.80 Å². The monoisotopic (exact) mass is 368 g/mol. The number of benzene rings is 1. The van der Waals surface area contributed by atoms with Crippen molar-refractivity contribution in [2.75, 3.05) is 20.1 Å². The predicted molar refractivity (Wildman–Crippen MR) is 94.5 cm³/mol. The highest BCUT2D eigenvalue weighted by molar-refractivity contribution is 5.78. The highest BCUT2D eigenvalue weighted by atomic mass is 19.4. The van der Waals surface area contributed by atoms with Crippen LogP contribution < -0.4 is 0 Å². The first-order valence-electron chi connectivity index (χ1n) is 9.49. The van der Waals surface area contributed by atoms with Crippen molar-refractivity contribution < 1.29 is 18.0 Å². The number of likely N-dealkylation sites (tertiary alicyclic amines) is 1. The molecule has 0 bridgehead atoms. The van der Waals surface area contributed by atoms with Crippen molar-refractivity contribution in [3.05, 3.63) is 35.4 Å². The molecular formula is C20H27F3N2O. The van der Waals surface area contributed by atoms with Crippen molar-refractivity contribution in [2.24, 2.45) is 5.92 Å². The molecule has 1 saturated heterocycles. The van der Waals surface area contributed by atoms with Gasteiger partial charge < -0.3 is 4.90 Å². The maximum absolute atomic E-state index is 12.8. The van der Waals surface area contributed by atoms with E-state index >= 15 is 0 Å². The van der Waals surface area contributed by atoms with Crippen molar-refractivity contribution in [3.63, 3.8) is 0 Å². The number of likely N-dealkylation sites (N-methyl/N-ethyl adjacent to an activating group) is 1. The third-order valence-corrected chi connectivity index (χ3v) is 5.68. The molecule has 26 heavy (non-hydrogen) atoms. The summed E-state index contributed by atoms with van der Waals surface area (Å²) in [6.07, 6.45) is 2.69. The molecule has 0 spiro atoms. The molecule has 0 radical (unpaired) electrons. The van der Waals surface area contributed by atoms with Gasteiger partial charge >= 0.3 is 6.18 Å². The summed E-state index contributed by atoms with van der Waals surface area (Å²) in [5, 5.41) is 0. The molecule has 1 aromatic rings. The van der Waals surface area contributed by atoms with E-state index in [1.807, 2.05) is 9.80 Å². The number of rotatable bonds is 4. The minimum Gasteiger partial charge on any atom is -0.338 e. The van der Waals surface area contributed by atoms with Gasteiger partial charge in [-0.05, 0) is 50.3 Å². The lowest BCUT2D eigenvalue weighted by Gasteiger charge is -2.44. The van der Waals surface area contributed by atoms with Crippen molar-refractivity contribution in [2.45, 2.75) is 57.3 Å². The van der Waals surface area contributed by atoms with Gasteiger partial charge in [-0.3, -0.25) is 9.69 Å². The minimum atomic E-state index is -4.34. The number of carbonyl (C=O) groups excluding carboxylic acids is 1. The van der Waals surface area contributed by atoms with E-state index in [0.717, 1.165) is 25.5 Å². The van der Waals surface area contributed by atoms with Gasteiger partial charge in [-0.1, -0.05) is 31.0 Å². The maximum atomic E-state index is 12.8. The Balaban J connectivity index is 1.59. The second kappa shape index (κ2) is 7.99. The Bertz CT molecular complexity index is 630. The van der Waals surface area contributed by atoms with Crippen LogP contribution in [0.5, 0.6) is 0 Å². The first kappa shape index (κ1) is 19.2. The summed E-state index contributed by atoms with van der Waals surface area (Å²) < 4.78 is 38.5. The number of hydrogen-bond acceptors (Lipinski definition) is 2. The molecule has 0 aromatic heterocycles. The number of fused-ring (bicyclic) bond motifs is 1. The third kappa shape index (κ3) is 4.58. The van der Waals surface area contributed by atoms with Gasteiger partial charge in [0.15, 0.2) is 0 Å². The lowest BCUT2D eigenvalue weighted by Crippen LogP contribution is -2.52. The van der Waals surface area contributed by atoms with Gasteiger partial charge in [-0.2, -0.15) is 13.2 Å².